The molecule has 0 unspecified atom stereocenters. The smallest absolute Gasteiger partial charge is 0.254 e. The predicted octanol–water partition coefficient (Wildman–Crippen LogP) is 3.16. The molecule has 0 saturated heterocycles. The van der Waals surface area contributed by atoms with E-state index in [0.717, 1.165) is 16.9 Å². The zero-order valence-electron chi connectivity index (χ0n) is 14.2. The van der Waals surface area contributed by atoms with Gasteiger partial charge in [-0.25, -0.2) is 9.97 Å². The molecule has 0 aliphatic carbocycles. The van der Waals surface area contributed by atoms with E-state index in [9.17, 15) is 4.79 Å². The van der Waals surface area contributed by atoms with Crippen LogP contribution in [0.4, 0.5) is 11.6 Å². The second kappa shape index (κ2) is 7.53. The molecule has 1 aromatic carbocycles. The molecular formula is C19H19N5O. The lowest BCUT2D eigenvalue weighted by Crippen LogP contribution is -2.23. The van der Waals surface area contributed by atoms with Crippen LogP contribution in [0.3, 0.4) is 0 Å². The fourth-order valence-corrected chi connectivity index (χ4v) is 2.29. The van der Waals surface area contributed by atoms with Gasteiger partial charge in [0.05, 0.1) is 17.8 Å². The molecule has 2 heterocycles. The Labute approximate surface area is 146 Å². The van der Waals surface area contributed by atoms with Crippen LogP contribution < -0.4 is 10.6 Å². The Bertz CT molecular complexity index is 863. The zero-order chi connectivity index (χ0) is 17.6. The maximum Gasteiger partial charge on any atom is 0.254 e. The molecule has 0 aliphatic rings. The van der Waals surface area contributed by atoms with Crippen molar-refractivity contribution in [3.05, 3.63) is 77.4 Å². The highest BCUT2D eigenvalue weighted by Gasteiger charge is 2.08. The molecule has 6 nitrogen and oxygen atoms in total. The average molecular weight is 333 g/mol. The lowest BCUT2D eigenvalue weighted by molar-refractivity contribution is 0.0949. The lowest BCUT2D eigenvalue weighted by atomic mass is 10.1. The van der Waals surface area contributed by atoms with Gasteiger partial charge in [0, 0.05) is 24.3 Å². The summed E-state index contributed by atoms with van der Waals surface area (Å²) < 4.78 is 0. The first kappa shape index (κ1) is 16.6. The monoisotopic (exact) mass is 333 g/mol. The van der Waals surface area contributed by atoms with Gasteiger partial charge in [-0.3, -0.25) is 9.78 Å². The second-order valence-corrected chi connectivity index (χ2v) is 5.67. The molecule has 126 valence electrons. The number of carbonyl (C=O) groups excluding carboxylic acids is 1. The van der Waals surface area contributed by atoms with Crippen LogP contribution >= 0.6 is 0 Å². The van der Waals surface area contributed by atoms with Crippen molar-refractivity contribution < 1.29 is 4.79 Å². The molecule has 0 bridgehead atoms. The molecule has 0 radical (unpaired) electrons. The quantitative estimate of drug-likeness (QED) is 0.750. The second-order valence-electron chi connectivity index (χ2n) is 5.67. The van der Waals surface area contributed by atoms with Gasteiger partial charge in [-0.2, -0.15) is 0 Å². The van der Waals surface area contributed by atoms with Crippen molar-refractivity contribution in [2.24, 2.45) is 0 Å². The highest BCUT2D eigenvalue weighted by atomic mass is 16.1. The maximum absolute atomic E-state index is 12.1. The summed E-state index contributed by atoms with van der Waals surface area (Å²) in [5, 5.41) is 5.97. The van der Waals surface area contributed by atoms with Gasteiger partial charge >= 0.3 is 0 Å². The molecular weight excluding hydrogens is 314 g/mol. The first-order chi connectivity index (χ1) is 12.1. The van der Waals surface area contributed by atoms with E-state index in [4.69, 9.17) is 0 Å². The van der Waals surface area contributed by atoms with E-state index in [1.807, 2.05) is 37.3 Å². The molecule has 3 rings (SSSR count). The summed E-state index contributed by atoms with van der Waals surface area (Å²) in [6.45, 7) is 4.45. The molecule has 2 aromatic heterocycles. The van der Waals surface area contributed by atoms with E-state index in [0.29, 0.717) is 18.1 Å². The van der Waals surface area contributed by atoms with Crippen LogP contribution in [0.25, 0.3) is 0 Å². The Balaban J connectivity index is 1.63. The molecule has 0 atom stereocenters. The third-order valence-corrected chi connectivity index (χ3v) is 3.92. The van der Waals surface area contributed by atoms with E-state index in [2.05, 4.69) is 38.6 Å². The van der Waals surface area contributed by atoms with Crippen LogP contribution in [0.15, 0.2) is 55.0 Å². The van der Waals surface area contributed by atoms with Crippen molar-refractivity contribution in [1.82, 2.24) is 20.3 Å². The van der Waals surface area contributed by atoms with Crippen LogP contribution in [0, 0.1) is 13.8 Å². The molecule has 0 aliphatic heterocycles. The third-order valence-electron chi connectivity index (χ3n) is 3.92. The third kappa shape index (κ3) is 4.17. The minimum Gasteiger partial charge on any atom is -0.346 e. The number of aromatic nitrogens is 3. The first-order valence-corrected chi connectivity index (χ1v) is 7.97. The number of pyridine rings is 1. The van der Waals surface area contributed by atoms with Crippen molar-refractivity contribution >= 4 is 17.5 Å². The number of amides is 1. The lowest BCUT2D eigenvalue weighted by Gasteiger charge is -2.10. The van der Waals surface area contributed by atoms with Gasteiger partial charge in [-0.1, -0.05) is 18.2 Å². The molecule has 3 aromatic rings. The summed E-state index contributed by atoms with van der Waals surface area (Å²) in [5.74, 6) is 0.221. The van der Waals surface area contributed by atoms with Gasteiger partial charge < -0.3 is 10.6 Å². The summed E-state index contributed by atoms with van der Waals surface area (Å²) in [4.78, 5) is 24.8. The molecule has 1 amide bonds. The number of hydrogen-bond donors (Lipinski definition) is 2. The van der Waals surface area contributed by atoms with E-state index in [-0.39, 0.29) is 5.91 Å². The number of hydrogen-bond acceptors (Lipinski definition) is 5. The van der Waals surface area contributed by atoms with Crippen molar-refractivity contribution in [1.29, 1.82) is 0 Å². The van der Waals surface area contributed by atoms with E-state index in [1.54, 1.807) is 6.20 Å². The highest BCUT2D eigenvalue weighted by Crippen LogP contribution is 2.20. The Kier molecular flexibility index (Phi) is 4.99. The minimum atomic E-state index is -0.232. The molecule has 0 fully saturated rings. The summed E-state index contributed by atoms with van der Waals surface area (Å²) in [6.07, 6.45) is 4.71. The van der Waals surface area contributed by atoms with Gasteiger partial charge in [0.15, 0.2) is 0 Å². The Hall–Kier alpha value is -3.28. The normalized spacial score (nSPS) is 10.3. The highest BCUT2D eigenvalue weighted by molar-refractivity contribution is 5.93. The topological polar surface area (TPSA) is 79.8 Å². The molecule has 6 heteroatoms. The minimum absolute atomic E-state index is 0.232. The van der Waals surface area contributed by atoms with Crippen LogP contribution in [-0.4, -0.2) is 20.9 Å². The van der Waals surface area contributed by atoms with Crippen molar-refractivity contribution in [2.45, 2.75) is 20.4 Å². The SMILES string of the molecule is Cc1cccc(Nc2ncc(C(=O)NCc3ccccn3)cn2)c1C. The summed E-state index contributed by atoms with van der Waals surface area (Å²) in [6, 6.07) is 11.6. The van der Waals surface area contributed by atoms with E-state index >= 15 is 0 Å². The molecule has 25 heavy (non-hydrogen) atoms. The number of nitrogens with zero attached hydrogens (tertiary/aromatic N) is 3. The Morgan fingerprint density at radius 1 is 1.00 bits per heavy atom. The Morgan fingerprint density at radius 3 is 2.52 bits per heavy atom. The van der Waals surface area contributed by atoms with Gasteiger partial charge in [0.25, 0.3) is 5.91 Å². The molecule has 0 spiro atoms. The van der Waals surface area contributed by atoms with Crippen molar-refractivity contribution in [3.8, 4) is 0 Å². The number of carbonyl (C=O) groups is 1. The van der Waals surface area contributed by atoms with E-state index in [1.165, 1.54) is 18.0 Å². The van der Waals surface area contributed by atoms with Crippen LogP contribution in [0.1, 0.15) is 27.2 Å². The predicted molar refractivity (Wildman–Crippen MR) is 96.6 cm³/mol. The fourth-order valence-electron chi connectivity index (χ4n) is 2.29. The van der Waals surface area contributed by atoms with Gasteiger partial charge in [0.2, 0.25) is 5.95 Å². The van der Waals surface area contributed by atoms with Crippen LogP contribution in [0.2, 0.25) is 0 Å². The molecule has 0 saturated carbocycles. The van der Waals surface area contributed by atoms with Crippen molar-refractivity contribution in [3.63, 3.8) is 0 Å². The Morgan fingerprint density at radius 2 is 1.80 bits per heavy atom. The van der Waals surface area contributed by atoms with E-state index < -0.39 is 0 Å². The average Bonchev–Trinajstić information content (AvgIpc) is 2.65. The molecule has 2 N–H and O–H groups in total. The number of rotatable bonds is 5. The fraction of sp³-hybridized carbons (Fsp3) is 0.158. The summed E-state index contributed by atoms with van der Waals surface area (Å²) in [7, 11) is 0. The van der Waals surface area contributed by atoms with Gasteiger partial charge in [-0.05, 0) is 43.2 Å². The number of anilines is 2. The summed E-state index contributed by atoms with van der Waals surface area (Å²) in [5.41, 5.74) is 4.48. The van der Waals surface area contributed by atoms with Gasteiger partial charge in [0.1, 0.15) is 0 Å². The number of aryl methyl sites for hydroxylation is 1. The number of benzene rings is 1. The van der Waals surface area contributed by atoms with Crippen molar-refractivity contribution in [2.75, 3.05) is 5.32 Å². The maximum atomic E-state index is 12.1. The standard InChI is InChI=1S/C19H19N5O/c1-13-6-5-8-17(14(13)2)24-19-22-10-15(11-23-19)18(25)21-12-16-7-3-4-9-20-16/h3-11H,12H2,1-2H3,(H,21,25)(H,22,23,24). The zero-order valence-corrected chi connectivity index (χ0v) is 14.2. The van der Waals surface area contributed by atoms with Gasteiger partial charge in [-0.15, -0.1) is 0 Å². The summed E-state index contributed by atoms with van der Waals surface area (Å²) >= 11 is 0. The van der Waals surface area contributed by atoms with Crippen LogP contribution in [0.5, 0.6) is 0 Å². The first-order valence-electron chi connectivity index (χ1n) is 7.97. The van der Waals surface area contributed by atoms with Crippen LogP contribution in [-0.2, 0) is 6.54 Å². The largest absolute Gasteiger partial charge is 0.346 e. The number of nitrogens with one attached hydrogen (secondary N) is 2.